The second-order valence-electron chi connectivity index (χ2n) is 2.18. The van der Waals surface area contributed by atoms with Gasteiger partial charge in [-0.2, -0.15) is 0 Å². The number of hydrogen-bond acceptors (Lipinski definition) is 0. The molecule has 0 aliphatic heterocycles. The first-order valence-corrected chi connectivity index (χ1v) is 3.72. The molecule has 0 aromatic rings. The van der Waals surface area contributed by atoms with Gasteiger partial charge in [0.25, 0.3) is 0 Å². The fourth-order valence-corrected chi connectivity index (χ4v) is 0.430. The molecule has 0 aromatic carbocycles. The Morgan fingerprint density at radius 1 is 1.25 bits per heavy atom. The van der Waals surface area contributed by atoms with Gasteiger partial charge in [-0.3, -0.25) is 0 Å². The summed E-state index contributed by atoms with van der Waals surface area (Å²) in [5.41, 5.74) is 0.835. The van der Waals surface area contributed by atoms with Crippen molar-refractivity contribution in [1.29, 1.82) is 0 Å². The fourth-order valence-electron chi connectivity index (χ4n) is 0.430. The van der Waals surface area contributed by atoms with Gasteiger partial charge in [0, 0.05) is 0 Å². The highest BCUT2D eigenvalue weighted by Gasteiger charge is 1.65. The zero-order chi connectivity index (χ0) is 9.23. The molecule has 0 heterocycles. The first kappa shape index (κ1) is 10.3. The van der Waals surface area contributed by atoms with Gasteiger partial charge in [-0.15, -0.1) is 0 Å². The molecule has 0 rings (SSSR count). The van der Waals surface area contributed by atoms with E-state index in [9.17, 15) is 0 Å². The molecular formula is C12H12. The smallest absolute Gasteiger partial charge is 0.00723 e. The molecule has 0 saturated carbocycles. The van der Waals surface area contributed by atoms with Crippen molar-refractivity contribution in [2.75, 3.05) is 0 Å². The molecule has 0 aromatic heterocycles. The molecular weight excluding hydrogens is 144 g/mol. The second kappa shape index (κ2) is 7.45. The Balaban J connectivity index is 3.93. The van der Waals surface area contributed by atoms with Crippen molar-refractivity contribution in [3.8, 4) is 23.7 Å². The summed E-state index contributed by atoms with van der Waals surface area (Å²) in [6, 6.07) is 0. The molecule has 0 bridgehead atoms. The van der Waals surface area contributed by atoms with Crippen LogP contribution in [0.5, 0.6) is 0 Å². The van der Waals surface area contributed by atoms with Crippen molar-refractivity contribution < 1.29 is 0 Å². The van der Waals surface area contributed by atoms with Gasteiger partial charge in [-0.05, 0) is 37.3 Å². The van der Waals surface area contributed by atoms with Gasteiger partial charge in [-0.1, -0.05) is 36.6 Å². The van der Waals surface area contributed by atoms with Crippen molar-refractivity contribution in [1.82, 2.24) is 0 Å². The Morgan fingerprint density at radius 3 is 2.58 bits per heavy atom. The van der Waals surface area contributed by atoms with E-state index in [1.165, 1.54) is 0 Å². The van der Waals surface area contributed by atoms with Gasteiger partial charge >= 0.3 is 0 Å². The van der Waals surface area contributed by atoms with Crippen LogP contribution in [0.15, 0.2) is 36.5 Å². The molecule has 0 N–H and O–H groups in total. The second-order valence-corrected chi connectivity index (χ2v) is 2.18. The SMILES string of the molecule is C=C(C)C#CC#C/C=C/C=C/C. The summed E-state index contributed by atoms with van der Waals surface area (Å²) < 4.78 is 0. The third-order valence-electron chi connectivity index (χ3n) is 0.894. The summed E-state index contributed by atoms with van der Waals surface area (Å²) in [6.07, 6.45) is 7.49. The first-order chi connectivity index (χ1) is 5.77. The molecule has 0 radical (unpaired) electrons. The Morgan fingerprint density at radius 2 is 2.00 bits per heavy atom. The summed E-state index contributed by atoms with van der Waals surface area (Å²) in [5.74, 6) is 10.9. The fraction of sp³-hybridized carbons (Fsp3) is 0.167. The molecule has 0 aliphatic rings. The molecule has 0 nitrogen and oxygen atoms in total. The van der Waals surface area contributed by atoms with Gasteiger partial charge in [0.2, 0.25) is 0 Å². The van der Waals surface area contributed by atoms with E-state index < -0.39 is 0 Å². The largest absolute Gasteiger partial charge is 0.0877 e. The van der Waals surface area contributed by atoms with Gasteiger partial charge < -0.3 is 0 Å². The van der Waals surface area contributed by atoms with E-state index in [-0.39, 0.29) is 0 Å². The molecule has 60 valence electrons. The lowest BCUT2D eigenvalue weighted by Crippen LogP contribution is -1.59. The Hall–Kier alpha value is -1.66. The lowest BCUT2D eigenvalue weighted by atomic mass is 10.3. The lowest BCUT2D eigenvalue weighted by molar-refractivity contribution is 1.63. The van der Waals surface area contributed by atoms with Crippen LogP contribution in [-0.4, -0.2) is 0 Å². The zero-order valence-electron chi connectivity index (χ0n) is 7.52. The van der Waals surface area contributed by atoms with Crippen LogP contribution in [0, 0.1) is 23.7 Å². The molecule has 0 spiro atoms. The van der Waals surface area contributed by atoms with Crippen molar-refractivity contribution in [3.05, 3.63) is 36.5 Å². The normalized spacial score (nSPS) is 8.83. The predicted molar refractivity (Wildman–Crippen MR) is 54.3 cm³/mol. The van der Waals surface area contributed by atoms with Crippen LogP contribution in [0.25, 0.3) is 0 Å². The van der Waals surface area contributed by atoms with Crippen LogP contribution in [0.3, 0.4) is 0 Å². The molecule has 0 amide bonds. The molecule has 0 unspecified atom stereocenters. The third-order valence-corrected chi connectivity index (χ3v) is 0.894. The minimum Gasteiger partial charge on any atom is -0.0877 e. The monoisotopic (exact) mass is 156 g/mol. The minimum atomic E-state index is 0.835. The molecule has 0 atom stereocenters. The highest BCUT2D eigenvalue weighted by Crippen LogP contribution is 1.78. The summed E-state index contributed by atoms with van der Waals surface area (Å²) in [7, 11) is 0. The van der Waals surface area contributed by atoms with E-state index in [0.29, 0.717) is 0 Å². The average Bonchev–Trinajstić information content (AvgIpc) is 2.02. The van der Waals surface area contributed by atoms with Gasteiger partial charge in [0.05, 0.1) is 0 Å². The number of hydrogen-bond donors (Lipinski definition) is 0. The van der Waals surface area contributed by atoms with E-state index in [1.807, 2.05) is 32.1 Å². The number of rotatable bonds is 1. The van der Waals surface area contributed by atoms with E-state index in [4.69, 9.17) is 0 Å². The van der Waals surface area contributed by atoms with Crippen LogP contribution in [0.4, 0.5) is 0 Å². The molecule has 0 aliphatic carbocycles. The minimum absolute atomic E-state index is 0.835. The van der Waals surface area contributed by atoms with Crippen LogP contribution >= 0.6 is 0 Å². The summed E-state index contributed by atoms with van der Waals surface area (Å²) in [6.45, 7) is 7.44. The molecule has 0 fully saturated rings. The summed E-state index contributed by atoms with van der Waals surface area (Å²) >= 11 is 0. The Kier molecular flexibility index (Phi) is 6.42. The van der Waals surface area contributed by atoms with Crippen LogP contribution < -0.4 is 0 Å². The standard InChI is InChI=1S/C12H12/c1-4-5-6-7-8-9-10-11-12(2)3/h4-7H,2H2,1,3H3/b5-4+,7-6+. The van der Waals surface area contributed by atoms with Gasteiger partial charge in [0.1, 0.15) is 0 Å². The lowest BCUT2D eigenvalue weighted by Gasteiger charge is -1.70. The van der Waals surface area contributed by atoms with Gasteiger partial charge in [0.15, 0.2) is 0 Å². The summed E-state index contributed by atoms with van der Waals surface area (Å²) in [5, 5.41) is 0. The Labute approximate surface area is 74.7 Å². The zero-order valence-corrected chi connectivity index (χ0v) is 7.52. The maximum absolute atomic E-state index is 3.63. The highest BCUT2D eigenvalue weighted by molar-refractivity contribution is 5.36. The van der Waals surface area contributed by atoms with E-state index >= 15 is 0 Å². The van der Waals surface area contributed by atoms with Crippen molar-refractivity contribution in [3.63, 3.8) is 0 Å². The maximum Gasteiger partial charge on any atom is -0.00723 e. The molecule has 12 heavy (non-hydrogen) atoms. The highest BCUT2D eigenvalue weighted by atomic mass is 13.7. The topological polar surface area (TPSA) is 0 Å². The molecule has 0 heteroatoms. The van der Waals surface area contributed by atoms with Crippen LogP contribution in [-0.2, 0) is 0 Å². The quantitative estimate of drug-likeness (QED) is 0.404. The van der Waals surface area contributed by atoms with Crippen molar-refractivity contribution >= 4 is 0 Å². The number of allylic oxidation sites excluding steroid dienone is 5. The Bertz CT molecular complexity index is 305. The van der Waals surface area contributed by atoms with E-state index in [2.05, 4.69) is 30.3 Å². The average molecular weight is 156 g/mol. The van der Waals surface area contributed by atoms with Crippen LogP contribution in [0.1, 0.15) is 13.8 Å². The first-order valence-electron chi connectivity index (χ1n) is 3.72. The van der Waals surface area contributed by atoms with Crippen molar-refractivity contribution in [2.45, 2.75) is 13.8 Å². The van der Waals surface area contributed by atoms with Crippen LogP contribution in [0.2, 0.25) is 0 Å². The summed E-state index contributed by atoms with van der Waals surface area (Å²) in [4.78, 5) is 0. The molecule has 0 saturated heterocycles. The van der Waals surface area contributed by atoms with Gasteiger partial charge in [-0.25, -0.2) is 0 Å². The van der Waals surface area contributed by atoms with Crippen molar-refractivity contribution in [2.24, 2.45) is 0 Å². The third kappa shape index (κ3) is 8.34. The predicted octanol–water partition coefficient (Wildman–Crippen LogP) is 2.70. The van der Waals surface area contributed by atoms with E-state index in [0.717, 1.165) is 5.57 Å². The van der Waals surface area contributed by atoms with E-state index in [1.54, 1.807) is 6.08 Å². The maximum atomic E-state index is 3.63.